The zero-order chi connectivity index (χ0) is 15.7. The fourth-order valence-corrected chi connectivity index (χ4v) is 1.80. The van der Waals surface area contributed by atoms with Gasteiger partial charge in [0.1, 0.15) is 0 Å². The second kappa shape index (κ2) is 9.13. The lowest BCUT2D eigenvalue weighted by molar-refractivity contribution is -0.121. The Hall–Kier alpha value is -1.88. The van der Waals surface area contributed by atoms with Crippen LogP contribution in [0, 0.1) is 0 Å². The van der Waals surface area contributed by atoms with E-state index in [2.05, 4.69) is 5.32 Å². The van der Waals surface area contributed by atoms with Gasteiger partial charge in [-0.15, -0.1) is 0 Å². The summed E-state index contributed by atoms with van der Waals surface area (Å²) in [6, 6.07) is 6.68. The number of ether oxygens (including phenoxy) is 1. The van der Waals surface area contributed by atoms with Crippen LogP contribution in [0.3, 0.4) is 0 Å². The van der Waals surface area contributed by atoms with Gasteiger partial charge in [0.15, 0.2) is 0 Å². The SMILES string of the molecule is CC(C)OCCCC(=O)NCCc1ccc(C(=O)O)cc1. The van der Waals surface area contributed by atoms with E-state index in [9.17, 15) is 9.59 Å². The van der Waals surface area contributed by atoms with E-state index in [1.165, 1.54) is 0 Å². The summed E-state index contributed by atoms with van der Waals surface area (Å²) in [6.45, 7) is 5.09. The molecule has 0 fully saturated rings. The molecule has 0 atom stereocenters. The fourth-order valence-electron chi connectivity index (χ4n) is 1.80. The molecular weight excluding hydrogens is 270 g/mol. The van der Waals surface area contributed by atoms with E-state index in [1.807, 2.05) is 13.8 Å². The van der Waals surface area contributed by atoms with Gasteiger partial charge < -0.3 is 15.2 Å². The summed E-state index contributed by atoms with van der Waals surface area (Å²) in [6.07, 6.45) is 2.07. The van der Waals surface area contributed by atoms with Crippen LogP contribution in [0.2, 0.25) is 0 Å². The predicted octanol–water partition coefficient (Wildman–Crippen LogP) is 2.25. The highest BCUT2D eigenvalue weighted by Crippen LogP contribution is 2.05. The molecule has 5 nitrogen and oxygen atoms in total. The van der Waals surface area contributed by atoms with Gasteiger partial charge >= 0.3 is 5.97 Å². The molecule has 2 N–H and O–H groups in total. The Kier molecular flexibility index (Phi) is 7.46. The molecule has 0 saturated carbocycles. The maximum atomic E-state index is 11.6. The van der Waals surface area contributed by atoms with Crippen LogP contribution in [0.25, 0.3) is 0 Å². The molecule has 5 heteroatoms. The van der Waals surface area contributed by atoms with Crippen LogP contribution < -0.4 is 5.32 Å². The van der Waals surface area contributed by atoms with E-state index in [1.54, 1.807) is 24.3 Å². The van der Waals surface area contributed by atoms with Gasteiger partial charge in [-0.1, -0.05) is 12.1 Å². The van der Waals surface area contributed by atoms with Crippen molar-refractivity contribution >= 4 is 11.9 Å². The van der Waals surface area contributed by atoms with E-state index < -0.39 is 5.97 Å². The van der Waals surface area contributed by atoms with Crippen molar-refractivity contribution in [3.05, 3.63) is 35.4 Å². The van der Waals surface area contributed by atoms with Gasteiger partial charge in [-0.25, -0.2) is 4.79 Å². The normalized spacial score (nSPS) is 10.6. The van der Waals surface area contributed by atoms with Gasteiger partial charge in [-0.3, -0.25) is 4.79 Å². The number of carboxylic acids is 1. The predicted molar refractivity (Wildman–Crippen MR) is 80.4 cm³/mol. The number of carbonyl (C=O) groups is 2. The second-order valence-electron chi connectivity index (χ2n) is 5.13. The first-order valence-corrected chi connectivity index (χ1v) is 7.19. The Bertz CT molecular complexity index is 454. The minimum Gasteiger partial charge on any atom is -0.478 e. The summed E-state index contributed by atoms with van der Waals surface area (Å²) in [5, 5.41) is 11.6. The standard InChI is InChI=1S/C16H23NO4/c1-12(2)21-11-3-4-15(18)17-10-9-13-5-7-14(8-6-13)16(19)20/h5-8,12H,3-4,9-11H2,1-2H3,(H,17,18)(H,19,20). The van der Waals surface area contributed by atoms with E-state index in [-0.39, 0.29) is 17.6 Å². The van der Waals surface area contributed by atoms with Crippen molar-refractivity contribution in [3.63, 3.8) is 0 Å². The van der Waals surface area contributed by atoms with Crippen molar-refractivity contribution in [1.82, 2.24) is 5.32 Å². The molecule has 0 spiro atoms. The van der Waals surface area contributed by atoms with Crippen LogP contribution >= 0.6 is 0 Å². The lowest BCUT2D eigenvalue weighted by Crippen LogP contribution is -2.25. The number of hydrogen-bond donors (Lipinski definition) is 2. The number of carbonyl (C=O) groups excluding carboxylic acids is 1. The lowest BCUT2D eigenvalue weighted by atomic mass is 10.1. The zero-order valence-electron chi connectivity index (χ0n) is 12.6. The summed E-state index contributed by atoms with van der Waals surface area (Å²) < 4.78 is 5.37. The molecule has 1 aromatic rings. The van der Waals surface area contributed by atoms with Crippen molar-refractivity contribution in [2.24, 2.45) is 0 Å². The summed E-state index contributed by atoms with van der Waals surface area (Å²) >= 11 is 0. The van der Waals surface area contributed by atoms with E-state index in [0.29, 0.717) is 26.0 Å². The number of rotatable bonds is 9. The summed E-state index contributed by atoms with van der Waals surface area (Å²) in [5.74, 6) is -0.914. The number of aromatic carboxylic acids is 1. The smallest absolute Gasteiger partial charge is 0.335 e. The fraction of sp³-hybridized carbons (Fsp3) is 0.500. The summed E-state index contributed by atoms with van der Waals surface area (Å²) in [4.78, 5) is 22.3. The maximum Gasteiger partial charge on any atom is 0.335 e. The van der Waals surface area contributed by atoms with Crippen LogP contribution in [0.4, 0.5) is 0 Å². The summed E-state index contributed by atoms with van der Waals surface area (Å²) in [7, 11) is 0. The van der Waals surface area contributed by atoms with Crippen LogP contribution in [-0.2, 0) is 16.0 Å². The largest absolute Gasteiger partial charge is 0.478 e. The molecule has 116 valence electrons. The van der Waals surface area contributed by atoms with Gasteiger partial charge in [0.05, 0.1) is 11.7 Å². The average molecular weight is 293 g/mol. The number of carboxylic acid groups (broad SMARTS) is 1. The minimum atomic E-state index is -0.932. The molecule has 0 radical (unpaired) electrons. The molecule has 0 saturated heterocycles. The monoisotopic (exact) mass is 293 g/mol. The Morgan fingerprint density at radius 2 is 1.90 bits per heavy atom. The Labute approximate surface area is 125 Å². The van der Waals surface area contributed by atoms with E-state index in [0.717, 1.165) is 12.0 Å². The van der Waals surface area contributed by atoms with Crippen molar-refractivity contribution in [1.29, 1.82) is 0 Å². The zero-order valence-corrected chi connectivity index (χ0v) is 12.6. The molecule has 0 aliphatic carbocycles. The molecule has 0 heterocycles. The molecule has 1 amide bonds. The number of benzene rings is 1. The van der Waals surface area contributed by atoms with Gasteiger partial charge in [0.25, 0.3) is 0 Å². The lowest BCUT2D eigenvalue weighted by Gasteiger charge is -2.08. The highest BCUT2D eigenvalue weighted by molar-refractivity contribution is 5.87. The first-order chi connectivity index (χ1) is 9.99. The topological polar surface area (TPSA) is 75.6 Å². The molecule has 0 aliphatic heterocycles. The maximum absolute atomic E-state index is 11.6. The highest BCUT2D eigenvalue weighted by atomic mass is 16.5. The Morgan fingerprint density at radius 3 is 2.48 bits per heavy atom. The van der Waals surface area contributed by atoms with Crippen molar-refractivity contribution in [3.8, 4) is 0 Å². The van der Waals surface area contributed by atoms with Gasteiger partial charge in [-0.05, 0) is 44.4 Å². The average Bonchev–Trinajstić information content (AvgIpc) is 2.44. The third kappa shape index (κ3) is 7.46. The summed E-state index contributed by atoms with van der Waals surface area (Å²) in [5.41, 5.74) is 1.27. The van der Waals surface area contributed by atoms with Gasteiger partial charge in [0, 0.05) is 19.6 Å². The van der Waals surface area contributed by atoms with Crippen molar-refractivity contribution < 1.29 is 19.4 Å². The van der Waals surface area contributed by atoms with Crippen molar-refractivity contribution in [2.75, 3.05) is 13.2 Å². The van der Waals surface area contributed by atoms with Gasteiger partial charge in [-0.2, -0.15) is 0 Å². The molecule has 21 heavy (non-hydrogen) atoms. The first-order valence-electron chi connectivity index (χ1n) is 7.19. The first kappa shape index (κ1) is 17.2. The molecule has 0 aromatic heterocycles. The Morgan fingerprint density at radius 1 is 1.24 bits per heavy atom. The molecule has 0 aliphatic rings. The van der Waals surface area contributed by atoms with Crippen LogP contribution in [-0.4, -0.2) is 36.2 Å². The van der Waals surface area contributed by atoms with Gasteiger partial charge in [0.2, 0.25) is 5.91 Å². The van der Waals surface area contributed by atoms with Crippen LogP contribution in [0.1, 0.15) is 42.6 Å². The van der Waals surface area contributed by atoms with Crippen LogP contribution in [0.5, 0.6) is 0 Å². The molecular formula is C16H23NO4. The second-order valence-corrected chi connectivity index (χ2v) is 5.13. The third-order valence-electron chi connectivity index (χ3n) is 2.94. The molecule has 1 rings (SSSR count). The number of nitrogens with one attached hydrogen (secondary N) is 1. The Balaban J connectivity index is 2.18. The minimum absolute atomic E-state index is 0.0181. The highest BCUT2D eigenvalue weighted by Gasteiger charge is 2.03. The van der Waals surface area contributed by atoms with Crippen molar-refractivity contribution in [2.45, 2.75) is 39.2 Å². The quantitative estimate of drug-likeness (QED) is 0.685. The molecule has 0 unspecified atom stereocenters. The van der Waals surface area contributed by atoms with Crippen LogP contribution in [0.15, 0.2) is 24.3 Å². The number of hydrogen-bond acceptors (Lipinski definition) is 3. The third-order valence-corrected chi connectivity index (χ3v) is 2.94. The van der Waals surface area contributed by atoms with E-state index >= 15 is 0 Å². The molecule has 1 aromatic carbocycles. The molecule has 0 bridgehead atoms. The number of amides is 1. The van der Waals surface area contributed by atoms with E-state index in [4.69, 9.17) is 9.84 Å².